The average Bonchev–Trinajstić information content (AvgIpc) is 3.21. The van der Waals surface area contributed by atoms with E-state index in [1.807, 2.05) is 30.8 Å². The summed E-state index contributed by atoms with van der Waals surface area (Å²) in [5.41, 5.74) is 3.50. The SMILES string of the molecule is CNCCN(C)Cc1ccccc1OCc1cccc(-c2nccs2)c1.Cl.Cl. The van der Waals surface area contributed by atoms with Crippen LogP contribution in [0.3, 0.4) is 0 Å². The highest BCUT2D eigenvalue weighted by atomic mass is 35.5. The second kappa shape index (κ2) is 12.8. The van der Waals surface area contributed by atoms with Crippen LogP contribution in [0.15, 0.2) is 60.1 Å². The number of thiazole rings is 1. The molecule has 3 aromatic rings. The number of para-hydroxylation sites is 1. The lowest BCUT2D eigenvalue weighted by molar-refractivity contribution is 0.285. The largest absolute Gasteiger partial charge is 0.489 e. The van der Waals surface area contributed by atoms with Crippen molar-refractivity contribution in [2.45, 2.75) is 13.2 Å². The highest BCUT2D eigenvalue weighted by Gasteiger charge is 2.07. The third-order valence-electron chi connectivity index (χ3n) is 4.16. The summed E-state index contributed by atoms with van der Waals surface area (Å²) in [6.45, 7) is 3.40. The maximum atomic E-state index is 6.14. The lowest BCUT2D eigenvalue weighted by Gasteiger charge is -2.19. The van der Waals surface area contributed by atoms with E-state index >= 15 is 0 Å². The summed E-state index contributed by atoms with van der Waals surface area (Å²) in [6, 6.07) is 16.7. The summed E-state index contributed by atoms with van der Waals surface area (Å²) in [5.74, 6) is 0.948. The molecule has 2 aromatic carbocycles. The first kappa shape index (κ1) is 24.4. The number of nitrogens with one attached hydrogen (secondary N) is 1. The van der Waals surface area contributed by atoms with Crippen LogP contribution in [0.5, 0.6) is 5.75 Å². The number of benzene rings is 2. The Kier molecular flexibility index (Phi) is 11.1. The molecule has 1 heterocycles. The molecule has 152 valence electrons. The number of rotatable bonds is 9. The molecule has 3 rings (SSSR count). The Bertz CT molecular complexity index is 815. The third kappa shape index (κ3) is 7.08. The van der Waals surface area contributed by atoms with Gasteiger partial charge in [0, 0.05) is 42.3 Å². The van der Waals surface area contributed by atoms with Crippen LogP contribution < -0.4 is 10.1 Å². The van der Waals surface area contributed by atoms with Crippen molar-refractivity contribution in [1.29, 1.82) is 0 Å². The van der Waals surface area contributed by atoms with Gasteiger partial charge in [0.15, 0.2) is 0 Å². The fourth-order valence-electron chi connectivity index (χ4n) is 2.77. The van der Waals surface area contributed by atoms with Gasteiger partial charge in [-0.3, -0.25) is 0 Å². The summed E-state index contributed by atoms with van der Waals surface area (Å²) >= 11 is 1.65. The molecule has 1 N–H and O–H groups in total. The molecule has 0 saturated carbocycles. The van der Waals surface area contributed by atoms with Crippen LogP contribution in [0.4, 0.5) is 0 Å². The molecule has 0 aliphatic rings. The Morgan fingerprint density at radius 2 is 1.93 bits per heavy atom. The smallest absolute Gasteiger partial charge is 0.124 e. The van der Waals surface area contributed by atoms with Crippen LogP contribution in [0, 0.1) is 0 Å². The van der Waals surface area contributed by atoms with Crippen LogP contribution in [0.25, 0.3) is 10.6 Å². The van der Waals surface area contributed by atoms with Crippen molar-refractivity contribution in [3.8, 4) is 16.3 Å². The van der Waals surface area contributed by atoms with E-state index in [9.17, 15) is 0 Å². The first-order valence-electron chi connectivity index (χ1n) is 8.79. The van der Waals surface area contributed by atoms with Gasteiger partial charge in [-0.1, -0.05) is 36.4 Å². The van der Waals surface area contributed by atoms with Crippen LogP contribution in [-0.4, -0.2) is 37.1 Å². The maximum Gasteiger partial charge on any atom is 0.124 e. The van der Waals surface area contributed by atoms with Crippen LogP contribution in [-0.2, 0) is 13.2 Å². The van der Waals surface area contributed by atoms with Gasteiger partial charge in [-0.05, 0) is 31.8 Å². The van der Waals surface area contributed by atoms with Gasteiger partial charge >= 0.3 is 0 Å². The Labute approximate surface area is 183 Å². The topological polar surface area (TPSA) is 37.4 Å². The van der Waals surface area contributed by atoms with E-state index in [-0.39, 0.29) is 24.8 Å². The van der Waals surface area contributed by atoms with Gasteiger partial charge < -0.3 is 15.0 Å². The monoisotopic (exact) mass is 439 g/mol. The van der Waals surface area contributed by atoms with Gasteiger partial charge in [0.1, 0.15) is 17.4 Å². The van der Waals surface area contributed by atoms with E-state index in [1.54, 1.807) is 11.3 Å². The van der Waals surface area contributed by atoms with Crippen molar-refractivity contribution < 1.29 is 4.74 Å². The standard InChI is InChI=1S/C21H25N3OS.2ClH/c1-22-10-12-24(2)15-19-7-3-4-9-20(19)25-16-17-6-5-8-18(14-17)21-23-11-13-26-21;;/h3-9,11,13-14,22H,10,12,15-16H2,1-2H3;2*1H. The Balaban J connectivity index is 0.00000196. The maximum absolute atomic E-state index is 6.14. The van der Waals surface area contributed by atoms with Crippen LogP contribution in [0.2, 0.25) is 0 Å². The Morgan fingerprint density at radius 3 is 2.68 bits per heavy atom. The zero-order valence-electron chi connectivity index (χ0n) is 16.1. The Morgan fingerprint density at radius 1 is 1.11 bits per heavy atom. The molecule has 0 radical (unpaired) electrons. The highest BCUT2D eigenvalue weighted by Crippen LogP contribution is 2.24. The van der Waals surface area contributed by atoms with Crippen molar-refractivity contribution >= 4 is 36.2 Å². The number of halogens is 2. The summed E-state index contributed by atoms with van der Waals surface area (Å²) in [7, 11) is 4.11. The molecular weight excluding hydrogens is 413 g/mol. The summed E-state index contributed by atoms with van der Waals surface area (Å²) < 4.78 is 6.14. The molecule has 1 aromatic heterocycles. The average molecular weight is 440 g/mol. The first-order valence-corrected chi connectivity index (χ1v) is 9.67. The van der Waals surface area contributed by atoms with Crippen molar-refractivity contribution in [3.63, 3.8) is 0 Å². The summed E-state index contributed by atoms with van der Waals surface area (Å²) in [5, 5.41) is 6.22. The van der Waals surface area contributed by atoms with Crippen molar-refractivity contribution in [1.82, 2.24) is 15.2 Å². The second-order valence-electron chi connectivity index (χ2n) is 6.28. The summed E-state index contributed by atoms with van der Waals surface area (Å²) in [4.78, 5) is 6.68. The van der Waals surface area contributed by atoms with Gasteiger partial charge in [0.05, 0.1) is 0 Å². The molecule has 0 unspecified atom stereocenters. The number of likely N-dealkylation sites (N-methyl/N-ethyl adjacent to an activating group) is 2. The predicted molar refractivity (Wildman–Crippen MR) is 123 cm³/mol. The third-order valence-corrected chi connectivity index (χ3v) is 4.98. The predicted octanol–water partition coefficient (Wildman–Crippen LogP) is 4.88. The zero-order chi connectivity index (χ0) is 18.2. The molecule has 0 bridgehead atoms. The van der Waals surface area contributed by atoms with E-state index in [2.05, 4.69) is 58.6 Å². The normalized spacial score (nSPS) is 10.2. The molecule has 0 atom stereocenters. The molecule has 0 fully saturated rings. The number of hydrogen-bond donors (Lipinski definition) is 1. The van der Waals surface area contributed by atoms with Gasteiger partial charge in [-0.2, -0.15) is 0 Å². The molecule has 0 saturated heterocycles. The highest BCUT2D eigenvalue weighted by molar-refractivity contribution is 7.13. The number of nitrogens with zero attached hydrogens (tertiary/aromatic N) is 2. The van der Waals surface area contributed by atoms with E-state index in [4.69, 9.17) is 4.74 Å². The fraction of sp³-hybridized carbons (Fsp3) is 0.286. The van der Waals surface area contributed by atoms with Gasteiger partial charge in [0.2, 0.25) is 0 Å². The molecule has 28 heavy (non-hydrogen) atoms. The van der Waals surface area contributed by atoms with Crippen molar-refractivity contribution in [2.24, 2.45) is 0 Å². The molecule has 4 nitrogen and oxygen atoms in total. The molecule has 7 heteroatoms. The second-order valence-corrected chi connectivity index (χ2v) is 7.17. The quantitative estimate of drug-likeness (QED) is 0.515. The fourth-order valence-corrected chi connectivity index (χ4v) is 3.40. The minimum Gasteiger partial charge on any atom is -0.489 e. The van der Waals surface area contributed by atoms with Crippen molar-refractivity contribution in [3.05, 3.63) is 71.2 Å². The number of hydrogen-bond acceptors (Lipinski definition) is 5. The lowest BCUT2D eigenvalue weighted by Crippen LogP contribution is -2.27. The van der Waals surface area contributed by atoms with Crippen LogP contribution in [0.1, 0.15) is 11.1 Å². The van der Waals surface area contributed by atoms with E-state index in [0.29, 0.717) is 6.61 Å². The number of ether oxygens (including phenoxy) is 1. The first-order chi connectivity index (χ1) is 12.8. The Hall–Kier alpha value is -1.63. The molecule has 0 aliphatic carbocycles. The van der Waals surface area contributed by atoms with Gasteiger partial charge in [0.25, 0.3) is 0 Å². The molecule has 0 amide bonds. The lowest BCUT2D eigenvalue weighted by atomic mass is 10.1. The minimum absolute atomic E-state index is 0. The van der Waals surface area contributed by atoms with Crippen molar-refractivity contribution in [2.75, 3.05) is 27.2 Å². The van der Waals surface area contributed by atoms with Crippen LogP contribution >= 0.6 is 36.2 Å². The zero-order valence-corrected chi connectivity index (χ0v) is 18.6. The van der Waals surface area contributed by atoms with Gasteiger partial charge in [-0.15, -0.1) is 36.2 Å². The van der Waals surface area contributed by atoms with E-state index < -0.39 is 0 Å². The number of aromatic nitrogens is 1. The minimum atomic E-state index is 0. The van der Waals surface area contributed by atoms with E-state index in [0.717, 1.165) is 41.5 Å². The molecular formula is C21H27Cl2N3OS. The molecule has 0 aliphatic heterocycles. The van der Waals surface area contributed by atoms with Gasteiger partial charge in [-0.25, -0.2) is 4.98 Å². The summed E-state index contributed by atoms with van der Waals surface area (Å²) in [6.07, 6.45) is 1.84. The van der Waals surface area contributed by atoms with E-state index in [1.165, 1.54) is 5.56 Å². The molecule has 0 spiro atoms.